The molecule has 0 spiro atoms. The zero-order valence-corrected chi connectivity index (χ0v) is 17.6. The quantitative estimate of drug-likeness (QED) is 0.527. The van der Waals surface area contributed by atoms with Gasteiger partial charge in [-0.2, -0.15) is 5.10 Å². The minimum absolute atomic E-state index is 0.0312. The van der Waals surface area contributed by atoms with Crippen molar-refractivity contribution in [1.29, 1.82) is 0 Å². The van der Waals surface area contributed by atoms with Crippen LogP contribution in [0.5, 0.6) is 0 Å². The molecule has 9 heteroatoms. The number of piperidine rings is 1. The minimum atomic E-state index is 0.0312. The maximum absolute atomic E-state index is 12.5. The van der Waals surface area contributed by atoms with Gasteiger partial charge in [-0.1, -0.05) is 11.8 Å². The molecule has 7 nitrogen and oxygen atoms in total. The van der Waals surface area contributed by atoms with Gasteiger partial charge < -0.3 is 9.80 Å². The van der Waals surface area contributed by atoms with E-state index in [1.165, 1.54) is 0 Å². The van der Waals surface area contributed by atoms with Gasteiger partial charge in [0.05, 0.1) is 16.2 Å². The molecule has 1 saturated heterocycles. The normalized spacial score (nSPS) is 15.3. The number of nitrogens with zero attached hydrogens (tertiary/aromatic N) is 6. The highest BCUT2D eigenvalue weighted by Crippen LogP contribution is 2.29. The third-order valence-corrected chi connectivity index (χ3v) is 5.75. The van der Waals surface area contributed by atoms with Gasteiger partial charge in [0.1, 0.15) is 5.82 Å². The van der Waals surface area contributed by atoms with Crippen molar-refractivity contribution in [2.75, 3.05) is 37.8 Å². The number of amides is 1. The second kappa shape index (κ2) is 8.39. The summed E-state index contributed by atoms with van der Waals surface area (Å²) in [7, 11) is 3.69. The average Bonchev–Trinajstić information content (AvgIpc) is 3.08. The molecular formula is C17H23BrN6OS. The van der Waals surface area contributed by atoms with Gasteiger partial charge in [-0.25, -0.2) is 9.97 Å². The van der Waals surface area contributed by atoms with Crippen LogP contribution in [-0.4, -0.2) is 63.5 Å². The Balaban J connectivity index is 1.56. The first-order valence-electron chi connectivity index (χ1n) is 8.53. The lowest BCUT2D eigenvalue weighted by Crippen LogP contribution is -2.40. The zero-order valence-electron chi connectivity index (χ0n) is 15.2. The molecule has 0 radical (unpaired) electrons. The summed E-state index contributed by atoms with van der Waals surface area (Å²) >= 11 is 5.11. The summed E-state index contributed by atoms with van der Waals surface area (Å²) in [5.41, 5.74) is 0.641. The van der Waals surface area contributed by atoms with E-state index in [9.17, 15) is 4.79 Å². The Hall–Kier alpha value is -1.61. The van der Waals surface area contributed by atoms with Crippen molar-refractivity contribution in [3.05, 3.63) is 28.6 Å². The van der Waals surface area contributed by atoms with Crippen LogP contribution < -0.4 is 4.90 Å². The van der Waals surface area contributed by atoms with Gasteiger partial charge in [-0.15, -0.1) is 0 Å². The minimum Gasteiger partial charge on any atom is -0.356 e. The van der Waals surface area contributed by atoms with Crippen LogP contribution in [-0.2, 0) is 7.05 Å². The first kappa shape index (κ1) is 19.2. The SMILES string of the molecule is CSc1ncc(Br)c(N2CCC(CN(C)C(=O)c3cnn(C)c3)CC2)n1. The third-order valence-electron chi connectivity index (χ3n) is 4.63. The molecule has 0 N–H and O–H groups in total. The number of rotatable bonds is 5. The summed E-state index contributed by atoms with van der Waals surface area (Å²) in [6.45, 7) is 2.63. The van der Waals surface area contributed by atoms with Crippen molar-refractivity contribution < 1.29 is 4.79 Å². The van der Waals surface area contributed by atoms with Crippen LogP contribution in [0, 0.1) is 5.92 Å². The molecule has 1 fully saturated rings. The molecule has 0 saturated carbocycles. The number of carbonyl (C=O) groups excluding carboxylic acids is 1. The smallest absolute Gasteiger partial charge is 0.256 e. The average molecular weight is 439 g/mol. The fourth-order valence-corrected chi connectivity index (χ4v) is 3.99. The summed E-state index contributed by atoms with van der Waals surface area (Å²) < 4.78 is 2.58. The number of anilines is 1. The zero-order chi connectivity index (χ0) is 18.7. The van der Waals surface area contributed by atoms with Gasteiger partial charge in [0.25, 0.3) is 5.91 Å². The Morgan fingerprint density at radius 3 is 2.73 bits per heavy atom. The summed E-state index contributed by atoms with van der Waals surface area (Å²) in [5, 5.41) is 4.86. The van der Waals surface area contributed by atoms with E-state index in [4.69, 9.17) is 0 Å². The van der Waals surface area contributed by atoms with E-state index < -0.39 is 0 Å². The van der Waals surface area contributed by atoms with Gasteiger partial charge in [0.2, 0.25) is 0 Å². The highest BCUT2D eigenvalue weighted by molar-refractivity contribution is 9.10. The first-order valence-corrected chi connectivity index (χ1v) is 10.5. The molecule has 1 amide bonds. The molecule has 0 atom stereocenters. The standard InChI is InChI=1S/C17H23BrN6OS/c1-22(16(25)13-8-20-23(2)11-13)10-12-4-6-24(7-5-12)15-14(18)9-19-17(21-15)26-3/h8-9,11-12H,4-7,10H2,1-3H3. The van der Waals surface area contributed by atoms with Gasteiger partial charge in [0.15, 0.2) is 5.16 Å². The maximum Gasteiger partial charge on any atom is 0.256 e. The Morgan fingerprint density at radius 2 is 2.12 bits per heavy atom. The second-order valence-electron chi connectivity index (χ2n) is 6.55. The molecule has 1 aliphatic rings. The summed E-state index contributed by atoms with van der Waals surface area (Å²) in [5.74, 6) is 1.49. The molecular weight excluding hydrogens is 416 g/mol. The van der Waals surface area contributed by atoms with Crippen molar-refractivity contribution in [1.82, 2.24) is 24.6 Å². The van der Waals surface area contributed by atoms with E-state index in [1.807, 2.05) is 31.4 Å². The van der Waals surface area contributed by atoms with E-state index in [2.05, 4.69) is 35.9 Å². The lowest BCUT2D eigenvalue weighted by Gasteiger charge is -2.35. The Labute approximate surface area is 166 Å². The van der Waals surface area contributed by atoms with Crippen molar-refractivity contribution >= 4 is 39.4 Å². The summed E-state index contributed by atoms with van der Waals surface area (Å²) in [6, 6.07) is 0. The Morgan fingerprint density at radius 1 is 1.38 bits per heavy atom. The van der Waals surface area contributed by atoms with Crippen molar-refractivity contribution in [2.24, 2.45) is 13.0 Å². The Kier molecular flexibility index (Phi) is 6.18. The molecule has 2 aromatic rings. The molecule has 0 unspecified atom stereocenters. The van der Waals surface area contributed by atoms with E-state index in [1.54, 1.807) is 28.8 Å². The van der Waals surface area contributed by atoms with Gasteiger partial charge in [-0.3, -0.25) is 9.48 Å². The molecule has 0 aromatic carbocycles. The van der Waals surface area contributed by atoms with Gasteiger partial charge in [0, 0.05) is 46.1 Å². The molecule has 3 rings (SSSR count). The van der Waals surface area contributed by atoms with Crippen LogP contribution in [0.2, 0.25) is 0 Å². The van der Waals surface area contributed by atoms with Crippen LogP contribution in [0.25, 0.3) is 0 Å². The molecule has 3 heterocycles. The summed E-state index contributed by atoms with van der Waals surface area (Å²) in [4.78, 5) is 25.5. The second-order valence-corrected chi connectivity index (χ2v) is 8.17. The van der Waals surface area contributed by atoms with E-state index in [0.29, 0.717) is 11.5 Å². The third kappa shape index (κ3) is 4.37. The fraction of sp³-hybridized carbons (Fsp3) is 0.529. The fourth-order valence-electron chi connectivity index (χ4n) is 3.21. The largest absolute Gasteiger partial charge is 0.356 e. The maximum atomic E-state index is 12.5. The monoisotopic (exact) mass is 438 g/mol. The molecule has 0 bridgehead atoms. The molecule has 1 aliphatic heterocycles. The number of hydrogen-bond acceptors (Lipinski definition) is 6. The Bertz CT molecular complexity index is 774. The summed E-state index contributed by atoms with van der Waals surface area (Å²) in [6.07, 6.45) is 9.26. The molecule has 140 valence electrons. The first-order chi connectivity index (χ1) is 12.5. The number of carbonyl (C=O) groups is 1. The molecule has 0 aliphatic carbocycles. The van der Waals surface area contributed by atoms with E-state index in [0.717, 1.165) is 47.9 Å². The highest BCUT2D eigenvalue weighted by Gasteiger charge is 2.25. The predicted octanol–water partition coefficient (Wildman–Crippen LogP) is 2.68. The van der Waals surface area contributed by atoms with Crippen LogP contribution in [0.15, 0.2) is 28.2 Å². The van der Waals surface area contributed by atoms with E-state index in [-0.39, 0.29) is 5.91 Å². The van der Waals surface area contributed by atoms with Gasteiger partial charge in [-0.05, 0) is 40.9 Å². The topological polar surface area (TPSA) is 67.2 Å². The van der Waals surface area contributed by atoms with Crippen molar-refractivity contribution in [3.8, 4) is 0 Å². The van der Waals surface area contributed by atoms with Crippen LogP contribution in [0.4, 0.5) is 5.82 Å². The lowest BCUT2D eigenvalue weighted by atomic mass is 9.96. The molecule has 26 heavy (non-hydrogen) atoms. The molecule has 2 aromatic heterocycles. The number of aryl methyl sites for hydroxylation is 1. The van der Waals surface area contributed by atoms with Crippen LogP contribution in [0.1, 0.15) is 23.2 Å². The number of hydrogen-bond donors (Lipinski definition) is 0. The number of aromatic nitrogens is 4. The van der Waals surface area contributed by atoms with Crippen molar-refractivity contribution in [2.45, 2.75) is 18.0 Å². The van der Waals surface area contributed by atoms with Crippen LogP contribution in [0.3, 0.4) is 0 Å². The lowest BCUT2D eigenvalue weighted by molar-refractivity contribution is 0.0765. The number of thioether (sulfide) groups is 1. The number of halogens is 1. The van der Waals surface area contributed by atoms with Crippen molar-refractivity contribution in [3.63, 3.8) is 0 Å². The van der Waals surface area contributed by atoms with Gasteiger partial charge >= 0.3 is 0 Å². The predicted molar refractivity (Wildman–Crippen MR) is 107 cm³/mol. The van der Waals surface area contributed by atoms with Crippen LogP contribution >= 0.6 is 27.7 Å². The highest BCUT2D eigenvalue weighted by atomic mass is 79.9. The van der Waals surface area contributed by atoms with E-state index >= 15 is 0 Å².